The number of methoxy groups -OCH3 is 1. The Morgan fingerprint density at radius 2 is 2.15 bits per heavy atom. The largest absolute Gasteiger partial charge is 0.379 e. The van der Waals surface area contributed by atoms with Crippen molar-refractivity contribution < 1.29 is 19.1 Å². The first-order valence-electron chi connectivity index (χ1n) is 9.31. The first kappa shape index (κ1) is 17.8. The highest BCUT2D eigenvalue weighted by molar-refractivity contribution is 5.92. The van der Waals surface area contributed by atoms with Gasteiger partial charge in [-0.25, -0.2) is 4.79 Å². The number of nitrogens with zero attached hydrogens (tertiary/aromatic N) is 1. The third-order valence-corrected chi connectivity index (χ3v) is 5.86. The second-order valence-corrected chi connectivity index (χ2v) is 7.73. The van der Waals surface area contributed by atoms with Gasteiger partial charge < -0.3 is 30.6 Å². The number of rotatable bonds is 4. The Bertz CT molecular complexity index is 728. The maximum atomic E-state index is 12.9. The number of ether oxygens (including phenoxy) is 1. The standard InChI is InChI=1S/C18H25N5O4/c1-27-14-5-4-11(7-13(14)21-15(24)12-3-2-6-19-12)16(25)23-9-18(10-23)8-20-17(26)22-18/h2-3,6,11,13-14,19H,4-5,7-10H2,1H3,(H,21,24)(H2,20,22,26)/t11-,13+,14+/m0/s1. The number of carbonyl (C=O) groups is 3. The number of nitrogens with one attached hydrogen (secondary N) is 4. The Morgan fingerprint density at radius 1 is 1.33 bits per heavy atom. The van der Waals surface area contributed by atoms with Gasteiger partial charge in [0.1, 0.15) is 5.69 Å². The molecule has 1 aromatic heterocycles. The molecule has 3 fully saturated rings. The van der Waals surface area contributed by atoms with E-state index in [0.29, 0.717) is 31.7 Å². The van der Waals surface area contributed by atoms with Gasteiger partial charge in [0.2, 0.25) is 5.91 Å². The lowest BCUT2D eigenvalue weighted by atomic mass is 9.81. The van der Waals surface area contributed by atoms with Crippen molar-refractivity contribution >= 4 is 17.8 Å². The third kappa shape index (κ3) is 3.39. The topological polar surface area (TPSA) is 116 Å². The molecule has 9 heteroatoms. The van der Waals surface area contributed by atoms with Crippen LogP contribution in [0.25, 0.3) is 0 Å². The van der Waals surface area contributed by atoms with E-state index in [1.807, 2.05) is 0 Å². The van der Waals surface area contributed by atoms with Crippen molar-refractivity contribution in [3.8, 4) is 0 Å². The molecule has 0 radical (unpaired) electrons. The van der Waals surface area contributed by atoms with E-state index in [-0.39, 0.29) is 41.4 Å². The minimum atomic E-state index is -0.308. The van der Waals surface area contributed by atoms with Gasteiger partial charge in [0, 0.05) is 38.9 Å². The smallest absolute Gasteiger partial charge is 0.315 e. The summed E-state index contributed by atoms with van der Waals surface area (Å²) in [5.74, 6) is -0.244. The number of likely N-dealkylation sites (tertiary alicyclic amines) is 1. The van der Waals surface area contributed by atoms with Crippen molar-refractivity contribution in [1.29, 1.82) is 0 Å². The van der Waals surface area contributed by atoms with Crippen LogP contribution in [0, 0.1) is 5.92 Å². The Morgan fingerprint density at radius 3 is 2.78 bits per heavy atom. The van der Waals surface area contributed by atoms with Crippen LogP contribution in [-0.4, -0.2) is 72.2 Å². The van der Waals surface area contributed by atoms with E-state index in [4.69, 9.17) is 4.74 Å². The number of carbonyl (C=O) groups excluding carboxylic acids is 3. The lowest BCUT2D eigenvalue weighted by Crippen LogP contribution is -2.71. The molecule has 4 rings (SSSR count). The highest BCUT2D eigenvalue weighted by atomic mass is 16.5. The average Bonchev–Trinajstić information content (AvgIpc) is 3.29. The van der Waals surface area contributed by atoms with Crippen molar-refractivity contribution in [3.05, 3.63) is 24.0 Å². The fourth-order valence-corrected chi connectivity index (χ4v) is 4.39. The maximum Gasteiger partial charge on any atom is 0.315 e. The monoisotopic (exact) mass is 375 g/mol. The summed E-state index contributed by atoms with van der Waals surface area (Å²) in [4.78, 5) is 41.3. The van der Waals surface area contributed by atoms with Gasteiger partial charge in [0.25, 0.3) is 5.91 Å². The molecule has 4 amide bonds. The zero-order valence-corrected chi connectivity index (χ0v) is 15.3. The van der Waals surface area contributed by atoms with Crippen molar-refractivity contribution in [1.82, 2.24) is 25.8 Å². The SMILES string of the molecule is CO[C@@H]1CC[C@H](C(=O)N2CC3(CNC(=O)N3)C2)C[C@H]1NC(=O)c1ccc[nH]1. The molecule has 2 aliphatic heterocycles. The van der Waals surface area contributed by atoms with Crippen LogP contribution < -0.4 is 16.0 Å². The molecule has 3 heterocycles. The van der Waals surface area contributed by atoms with E-state index in [1.54, 1.807) is 30.3 Å². The molecule has 0 unspecified atom stereocenters. The van der Waals surface area contributed by atoms with E-state index in [9.17, 15) is 14.4 Å². The fourth-order valence-electron chi connectivity index (χ4n) is 4.39. The Labute approximate surface area is 157 Å². The van der Waals surface area contributed by atoms with Gasteiger partial charge in [0.05, 0.1) is 17.7 Å². The highest BCUT2D eigenvalue weighted by Gasteiger charge is 2.51. The molecule has 0 bridgehead atoms. The molecule has 4 N–H and O–H groups in total. The normalized spacial score (nSPS) is 29.0. The molecule has 1 saturated carbocycles. The number of aromatic amines is 1. The number of aromatic nitrogens is 1. The molecule has 9 nitrogen and oxygen atoms in total. The van der Waals surface area contributed by atoms with Crippen LogP contribution in [-0.2, 0) is 9.53 Å². The zero-order valence-electron chi connectivity index (χ0n) is 15.3. The summed E-state index contributed by atoms with van der Waals surface area (Å²) >= 11 is 0. The summed E-state index contributed by atoms with van der Waals surface area (Å²) in [5, 5.41) is 8.65. The lowest BCUT2D eigenvalue weighted by Gasteiger charge is -2.49. The quantitative estimate of drug-likeness (QED) is 0.584. The van der Waals surface area contributed by atoms with E-state index in [1.165, 1.54) is 0 Å². The summed E-state index contributed by atoms with van der Waals surface area (Å²) in [6.45, 7) is 1.63. The molecule has 3 aliphatic rings. The minimum Gasteiger partial charge on any atom is -0.379 e. The number of hydrogen-bond donors (Lipinski definition) is 4. The predicted molar refractivity (Wildman–Crippen MR) is 96.0 cm³/mol. The highest BCUT2D eigenvalue weighted by Crippen LogP contribution is 2.32. The molecule has 1 spiro atoms. The van der Waals surface area contributed by atoms with Crippen LogP contribution in [0.2, 0.25) is 0 Å². The van der Waals surface area contributed by atoms with E-state index >= 15 is 0 Å². The molecular weight excluding hydrogens is 350 g/mol. The second-order valence-electron chi connectivity index (χ2n) is 7.73. The fraction of sp³-hybridized carbons (Fsp3) is 0.611. The van der Waals surface area contributed by atoms with E-state index in [2.05, 4.69) is 20.9 Å². The Kier molecular flexibility index (Phi) is 4.55. The number of H-pyrrole nitrogens is 1. The van der Waals surface area contributed by atoms with Gasteiger partial charge in [0.15, 0.2) is 0 Å². The van der Waals surface area contributed by atoms with Crippen LogP contribution in [0.1, 0.15) is 29.8 Å². The van der Waals surface area contributed by atoms with Crippen LogP contribution >= 0.6 is 0 Å². The van der Waals surface area contributed by atoms with Crippen LogP contribution in [0.3, 0.4) is 0 Å². The molecule has 27 heavy (non-hydrogen) atoms. The summed E-state index contributed by atoms with van der Waals surface area (Å²) in [7, 11) is 1.63. The van der Waals surface area contributed by atoms with Crippen LogP contribution in [0.4, 0.5) is 4.79 Å². The first-order valence-corrected chi connectivity index (χ1v) is 9.31. The number of hydrogen-bond acceptors (Lipinski definition) is 4. The zero-order chi connectivity index (χ0) is 19.0. The first-order chi connectivity index (χ1) is 13.0. The molecule has 2 saturated heterocycles. The van der Waals surface area contributed by atoms with Crippen molar-refractivity contribution in [3.63, 3.8) is 0 Å². The molecule has 1 aliphatic carbocycles. The van der Waals surface area contributed by atoms with Crippen molar-refractivity contribution in [2.45, 2.75) is 36.9 Å². The van der Waals surface area contributed by atoms with Gasteiger partial charge in [-0.2, -0.15) is 0 Å². The number of urea groups is 1. The summed E-state index contributed by atoms with van der Waals surface area (Å²) in [6.07, 6.45) is 3.61. The molecule has 0 aromatic carbocycles. The summed E-state index contributed by atoms with van der Waals surface area (Å²) in [6, 6.07) is 3.10. The lowest BCUT2D eigenvalue weighted by molar-refractivity contribution is -0.145. The molecule has 146 valence electrons. The Hall–Kier alpha value is -2.55. The molecular formula is C18H25N5O4. The molecule has 1 aromatic rings. The number of amides is 4. The van der Waals surface area contributed by atoms with Gasteiger partial charge in [-0.3, -0.25) is 9.59 Å². The average molecular weight is 375 g/mol. The van der Waals surface area contributed by atoms with Crippen LogP contribution in [0.15, 0.2) is 18.3 Å². The van der Waals surface area contributed by atoms with Crippen molar-refractivity contribution in [2.75, 3.05) is 26.7 Å². The van der Waals surface area contributed by atoms with E-state index < -0.39 is 0 Å². The van der Waals surface area contributed by atoms with Gasteiger partial charge in [-0.1, -0.05) is 0 Å². The predicted octanol–water partition coefficient (Wildman–Crippen LogP) is -0.178. The van der Waals surface area contributed by atoms with Gasteiger partial charge >= 0.3 is 6.03 Å². The summed E-state index contributed by atoms with van der Waals surface area (Å²) < 4.78 is 5.53. The molecule has 3 atom stereocenters. The van der Waals surface area contributed by atoms with Crippen LogP contribution in [0.5, 0.6) is 0 Å². The summed E-state index contributed by atoms with van der Waals surface area (Å²) in [5.41, 5.74) is 0.185. The third-order valence-electron chi connectivity index (χ3n) is 5.86. The second kappa shape index (κ2) is 6.88. The van der Waals surface area contributed by atoms with Gasteiger partial charge in [-0.05, 0) is 31.4 Å². The Balaban J connectivity index is 1.36. The maximum absolute atomic E-state index is 12.9. The van der Waals surface area contributed by atoms with Crippen molar-refractivity contribution in [2.24, 2.45) is 5.92 Å². The minimum absolute atomic E-state index is 0.0930. The van der Waals surface area contributed by atoms with E-state index in [0.717, 1.165) is 12.8 Å². The van der Waals surface area contributed by atoms with Gasteiger partial charge in [-0.15, -0.1) is 0 Å².